The second kappa shape index (κ2) is 5.38. The van der Waals surface area contributed by atoms with Gasteiger partial charge in [0, 0.05) is 17.5 Å². The lowest BCUT2D eigenvalue weighted by molar-refractivity contribution is -0.116. The van der Waals surface area contributed by atoms with E-state index in [0.717, 1.165) is 11.3 Å². The zero-order valence-electron chi connectivity index (χ0n) is 10.9. The molecule has 1 fully saturated rings. The molecule has 102 valence electrons. The minimum atomic E-state index is -0.191. The molecule has 4 nitrogen and oxygen atoms in total. The molecule has 3 rings (SSSR count). The quantitative estimate of drug-likeness (QED) is 0.947. The highest BCUT2D eigenvalue weighted by molar-refractivity contribution is 8.16. The van der Waals surface area contributed by atoms with E-state index in [0.29, 0.717) is 5.13 Å². The summed E-state index contributed by atoms with van der Waals surface area (Å²) in [7, 11) is 0. The van der Waals surface area contributed by atoms with Crippen molar-refractivity contribution in [1.29, 1.82) is 5.41 Å². The first-order valence-corrected chi connectivity index (χ1v) is 7.92. The lowest BCUT2D eigenvalue weighted by Gasteiger charge is -2.10. The first kappa shape index (κ1) is 13.3. The smallest absolute Gasteiger partial charge is 0.248 e. The minimum Gasteiger partial charge on any atom is -0.278 e. The van der Waals surface area contributed by atoms with Crippen molar-refractivity contribution in [1.82, 2.24) is 4.98 Å². The molecular weight excluding hydrogens is 290 g/mol. The zero-order valence-corrected chi connectivity index (χ0v) is 12.5. The molecule has 20 heavy (non-hydrogen) atoms. The topological polar surface area (TPSA) is 57.1 Å². The summed E-state index contributed by atoms with van der Waals surface area (Å²) < 4.78 is 0. The molecule has 0 bridgehead atoms. The third-order valence-corrected chi connectivity index (χ3v) is 4.96. The Hall–Kier alpha value is -1.66. The van der Waals surface area contributed by atoms with E-state index in [1.54, 1.807) is 6.20 Å². The highest BCUT2D eigenvalue weighted by Gasteiger charge is 2.36. The lowest BCUT2D eigenvalue weighted by atomic mass is 10.1. The van der Waals surface area contributed by atoms with Crippen LogP contribution >= 0.6 is 23.1 Å². The number of nitrogens with one attached hydrogen (secondary N) is 1. The summed E-state index contributed by atoms with van der Waals surface area (Å²) in [6, 6.07) is 10.1. The molecule has 0 spiro atoms. The molecule has 0 radical (unpaired) electrons. The van der Waals surface area contributed by atoms with Gasteiger partial charge in [-0.05, 0) is 12.5 Å². The molecule has 1 aliphatic rings. The maximum Gasteiger partial charge on any atom is 0.248 e. The maximum absolute atomic E-state index is 12.0. The predicted octanol–water partition coefficient (Wildman–Crippen LogP) is 3.14. The lowest BCUT2D eigenvalue weighted by Crippen LogP contribution is -2.30. The van der Waals surface area contributed by atoms with E-state index < -0.39 is 0 Å². The van der Waals surface area contributed by atoms with Crippen LogP contribution in [0.25, 0.3) is 0 Å². The molecule has 1 aliphatic heterocycles. The third kappa shape index (κ3) is 2.48. The standard InChI is InChI=1S/C14H13N3OS2/c1-9-12(18)17(13(15)19-9)14-16-8-11(20-14)7-10-5-3-2-4-6-10/h2-6,8-9,15H,7H2,1H3/t9-/m1/s1. The van der Waals surface area contributed by atoms with Crippen LogP contribution in [0.5, 0.6) is 0 Å². The molecule has 1 aromatic heterocycles. The highest BCUT2D eigenvalue weighted by atomic mass is 32.2. The van der Waals surface area contributed by atoms with Crippen molar-refractivity contribution in [3.05, 3.63) is 47.0 Å². The van der Waals surface area contributed by atoms with Gasteiger partial charge in [-0.15, -0.1) is 11.3 Å². The summed E-state index contributed by atoms with van der Waals surface area (Å²) >= 11 is 2.75. The van der Waals surface area contributed by atoms with E-state index in [1.807, 2.05) is 25.1 Å². The van der Waals surface area contributed by atoms with Gasteiger partial charge >= 0.3 is 0 Å². The normalized spacial score (nSPS) is 18.9. The molecule has 1 amide bonds. The number of carbonyl (C=O) groups is 1. The van der Waals surface area contributed by atoms with Crippen LogP contribution < -0.4 is 4.90 Å². The molecule has 6 heteroatoms. The van der Waals surface area contributed by atoms with Gasteiger partial charge in [-0.25, -0.2) is 9.88 Å². The van der Waals surface area contributed by atoms with Gasteiger partial charge in [0.05, 0.1) is 5.25 Å². The number of anilines is 1. The largest absolute Gasteiger partial charge is 0.278 e. The number of rotatable bonds is 3. The fourth-order valence-electron chi connectivity index (χ4n) is 2.01. The van der Waals surface area contributed by atoms with Crippen molar-refractivity contribution >= 4 is 39.3 Å². The number of amidine groups is 1. The van der Waals surface area contributed by atoms with Gasteiger partial charge in [-0.2, -0.15) is 0 Å². The van der Waals surface area contributed by atoms with Crippen LogP contribution in [0, 0.1) is 5.41 Å². The van der Waals surface area contributed by atoms with Gasteiger partial charge in [-0.1, -0.05) is 42.1 Å². The Morgan fingerprint density at radius 1 is 1.35 bits per heavy atom. The van der Waals surface area contributed by atoms with Gasteiger partial charge in [0.25, 0.3) is 0 Å². The molecule has 1 saturated heterocycles. The molecule has 2 aromatic rings. The summed E-state index contributed by atoms with van der Waals surface area (Å²) in [6.45, 7) is 1.82. The number of amides is 1. The van der Waals surface area contributed by atoms with Gasteiger partial charge in [0.1, 0.15) is 0 Å². The third-order valence-electron chi connectivity index (χ3n) is 3.01. The van der Waals surface area contributed by atoms with Gasteiger partial charge in [-0.3, -0.25) is 10.2 Å². The summed E-state index contributed by atoms with van der Waals surface area (Å²) in [4.78, 5) is 18.8. The molecule has 1 atom stereocenters. The van der Waals surface area contributed by atoms with Crippen molar-refractivity contribution in [2.45, 2.75) is 18.6 Å². The maximum atomic E-state index is 12.0. The highest BCUT2D eigenvalue weighted by Crippen LogP contribution is 2.33. The molecule has 0 aliphatic carbocycles. The van der Waals surface area contributed by atoms with Gasteiger partial charge in [0.15, 0.2) is 10.3 Å². The molecule has 1 aromatic carbocycles. The van der Waals surface area contributed by atoms with Crippen molar-refractivity contribution in [2.75, 3.05) is 4.90 Å². The number of hydrogen-bond donors (Lipinski definition) is 1. The van der Waals surface area contributed by atoms with Gasteiger partial charge < -0.3 is 0 Å². The Kier molecular flexibility index (Phi) is 3.58. The van der Waals surface area contributed by atoms with Crippen molar-refractivity contribution in [3.8, 4) is 0 Å². The Morgan fingerprint density at radius 3 is 2.75 bits per heavy atom. The van der Waals surface area contributed by atoms with E-state index in [2.05, 4.69) is 17.1 Å². The molecular formula is C14H13N3OS2. The minimum absolute atomic E-state index is 0.0550. The molecule has 2 heterocycles. The number of nitrogens with zero attached hydrogens (tertiary/aromatic N) is 2. The molecule has 1 N–H and O–H groups in total. The Bertz CT molecular complexity index is 653. The molecule has 0 unspecified atom stereocenters. The summed E-state index contributed by atoms with van der Waals surface area (Å²) in [5.74, 6) is -0.0550. The zero-order chi connectivity index (χ0) is 14.1. The summed E-state index contributed by atoms with van der Waals surface area (Å²) in [5, 5.41) is 8.55. The van der Waals surface area contributed by atoms with Crippen molar-refractivity contribution < 1.29 is 4.79 Å². The van der Waals surface area contributed by atoms with Crippen LogP contribution in [-0.4, -0.2) is 21.3 Å². The second-order valence-electron chi connectivity index (χ2n) is 4.51. The van der Waals surface area contributed by atoms with E-state index in [-0.39, 0.29) is 16.3 Å². The Morgan fingerprint density at radius 2 is 2.10 bits per heavy atom. The summed E-state index contributed by atoms with van der Waals surface area (Å²) in [6.07, 6.45) is 2.60. The monoisotopic (exact) mass is 303 g/mol. The average molecular weight is 303 g/mol. The number of carbonyl (C=O) groups excluding carboxylic acids is 1. The first-order valence-electron chi connectivity index (χ1n) is 6.23. The van der Waals surface area contributed by atoms with Crippen LogP contribution in [-0.2, 0) is 11.2 Å². The number of thioether (sulfide) groups is 1. The number of aromatic nitrogens is 1. The first-order chi connectivity index (χ1) is 9.65. The van der Waals surface area contributed by atoms with Crippen LogP contribution in [0.4, 0.5) is 5.13 Å². The van der Waals surface area contributed by atoms with Crippen LogP contribution in [0.15, 0.2) is 36.5 Å². The number of thiazole rings is 1. The Balaban J connectivity index is 1.81. The van der Waals surface area contributed by atoms with Crippen LogP contribution in [0.1, 0.15) is 17.4 Å². The number of benzene rings is 1. The fraction of sp³-hybridized carbons (Fsp3) is 0.214. The fourth-order valence-corrected chi connectivity index (χ4v) is 3.85. The summed E-state index contributed by atoms with van der Waals surface area (Å²) in [5.41, 5.74) is 1.22. The van der Waals surface area contributed by atoms with Crippen LogP contribution in [0.2, 0.25) is 0 Å². The van der Waals surface area contributed by atoms with E-state index >= 15 is 0 Å². The van der Waals surface area contributed by atoms with Crippen molar-refractivity contribution in [3.63, 3.8) is 0 Å². The predicted molar refractivity (Wildman–Crippen MR) is 83.6 cm³/mol. The van der Waals surface area contributed by atoms with E-state index in [4.69, 9.17) is 5.41 Å². The van der Waals surface area contributed by atoms with E-state index in [9.17, 15) is 4.79 Å². The van der Waals surface area contributed by atoms with Crippen molar-refractivity contribution in [2.24, 2.45) is 0 Å². The second-order valence-corrected chi connectivity index (χ2v) is 6.93. The SMILES string of the molecule is C[C@H]1SC(=N)N(c2ncc(Cc3ccccc3)s2)C1=O. The van der Waals surface area contributed by atoms with Crippen LogP contribution in [0.3, 0.4) is 0 Å². The number of hydrogen-bond acceptors (Lipinski definition) is 5. The van der Waals surface area contributed by atoms with E-state index in [1.165, 1.54) is 33.6 Å². The van der Waals surface area contributed by atoms with Gasteiger partial charge in [0.2, 0.25) is 5.91 Å². The molecule has 0 saturated carbocycles. The average Bonchev–Trinajstić information content (AvgIpc) is 2.97. The Labute approximate surface area is 125 Å².